The summed E-state index contributed by atoms with van der Waals surface area (Å²) in [6, 6.07) is 39.2. The summed E-state index contributed by atoms with van der Waals surface area (Å²) in [6.07, 6.45) is 20.4. The Morgan fingerprint density at radius 1 is 0.773 bits per heavy atom. The normalized spacial score (nSPS) is 15.2. The molecule has 0 N–H and O–H groups in total. The standard InChI is InChI=1S/C41H44OP2/c1-6-7-12-23-34(2)43(3,35-24-13-10-14-25-35)40-32-21-19-30-38(40)42-39-31-20-22-33-41(39)44(4,5,37-28-17-11-18-29-37)36-26-15-8-9-16-27-36/h6-8,10-33,43H,1,9H2,2-5H3/b12-7-,34-23+. The minimum atomic E-state index is -2.94. The minimum absolute atomic E-state index is 0.909. The second kappa shape index (κ2) is 13.3. The molecule has 0 fully saturated rings. The average molecular weight is 615 g/mol. The van der Waals surface area contributed by atoms with E-state index < -0.39 is 13.9 Å². The number of ether oxygens (including phenoxy) is 1. The number of hydrogen-bond donors (Lipinski definition) is 0. The first-order valence-corrected chi connectivity index (χ1v) is 20.9. The Morgan fingerprint density at radius 3 is 2.14 bits per heavy atom. The maximum atomic E-state index is 7.18. The zero-order valence-corrected chi connectivity index (χ0v) is 28.3. The Hall–Kier alpha value is -4.02. The quantitative estimate of drug-likeness (QED) is 0.128. The number of allylic oxidation sites excluding steroid dienone is 11. The topological polar surface area (TPSA) is 9.23 Å². The van der Waals surface area contributed by atoms with Gasteiger partial charge in [-0.3, -0.25) is 0 Å². The molecule has 0 heterocycles. The molecular formula is C41H44OP2. The molecule has 4 aromatic rings. The van der Waals surface area contributed by atoms with Gasteiger partial charge >= 0.3 is 266 Å². The summed E-state index contributed by atoms with van der Waals surface area (Å²) in [5.74, 6) is 1.82. The number of rotatable bonds is 10. The third-order valence-corrected chi connectivity index (χ3v) is 19.5. The molecule has 44 heavy (non-hydrogen) atoms. The van der Waals surface area contributed by atoms with Gasteiger partial charge in [0.2, 0.25) is 0 Å². The molecule has 0 bridgehead atoms. The van der Waals surface area contributed by atoms with Gasteiger partial charge in [-0.05, 0) is 0 Å². The number of hydrogen-bond acceptors (Lipinski definition) is 1. The van der Waals surface area contributed by atoms with E-state index in [-0.39, 0.29) is 0 Å². The van der Waals surface area contributed by atoms with Crippen molar-refractivity contribution in [2.75, 3.05) is 20.0 Å². The molecule has 4 aromatic carbocycles. The maximum absolute atomic E-state index is 7.18. The van der Waals surface area contributed by atoms with E-state index in [1.165, 1.54) is 31.8 Å². The molecule has 5 rings (SSSR count). The summed E-state index contributed by atoms with van der Waals surface area (Å²) in [5.41, 5.74) is 0. The fraction of sp³-hybridized carbons (Fsp3) is 0.122. The van der Waals surface area contributed by atoms with Gasteiger partial charge in [-0.25, -0.2) is 0 Å². The van der Waals surface area contributed by atoms with Gasteiger partial charge < -0.3 is 0 Å². The van der Waals surface area contributed by atoms with Crippen LogP contribution in [0.2, 0.25) is 0 Å². The summed E-state index contributed by atoms with van der Waals surface area (Å²) in [4.78, 5) is 0. The Bertz CT molecular complexity index is 1770. The molecule has 1 nitrogen and oxygen atoms in total. The van der Waals surface area contributed by atoms with Crippen LogP contribution in [0.1, 0.15) is 13.3 Å². The Balaban J connectivity index is 1.72. The zero-order chi connectivity index (χ0) is 31.1. The molecule has 0 unspecified atom stereocenters. The Morgan fingerprint density at radius 2 is 1.41 bits per heavy atom. The molecule has 1 aliphatic rings. The molecule has 0 amide bonds. The van der Waals surface area contributed by atoms with E-state index in [2.05, 4.69) is 185 Å². The molecular weight excluding hydrogens is 570 g/mol. The van der Waals surface area contributed by atoms with Crippen molar-refractivity contribution in [1.29, 1.82) is 0 Å². The molecule has 3 heteroatoms. The molecule has 0 aliphatic heterocycles. The van der Waals surface area contributed by atoms with Gasteiger partial charge in [0.15, 0.2) is 0 Å². The van der Waals surface area contributed by atoms with Crippen LogP contribution in [-0.4, -0.2) is 20.0 Å². The predicted molar refractivity (Wildman–Crippen MR) is 201 cm³/mol. The van der Waals surface area contributed by atoms with Crippen LogP contribution < -0.4 is 26.0 Å². The van der Waals surface area contributed by atoms with Crippen LogP contribution in [0, 0.1) is 0 Å². The van der Waals surface area contributed by atoms with Gasteiger partial charge in [-0.15, -0.1) is 0 Å². The van der Waals surface area contributed by atoms with E-state index in [0.29, 0.717) is 0 Å². The Kier molecular flexibility index (Phi) is 9.51. The van der Waals surface area contributed by atoms with Crippen molar-refractivity contribution in [2.24, 2.45) is 0 Å². The van der Waals surface area contributed by atoms with Gasteiger partial charge in [-0.1, -0.05) is 0 Å². The molecule has 224 valence electrons. The van der Waals surface area contributed by atoms with E-state index in [0.717, 1.165) is 17.9 Å². The van der Waals surface area contributed by atoms with E-state index in [4.69, 9.17) is 4.74 Å². The van der Waals surface area contributed by atoms with Gasteiger partial charge in [0, 0.05) is 0 Å². The molecule has 0 radical (unpaired) electrons. The summed E-state index contributed by atoms with van der Waals surface area (Å²) in [6.45, 7) is 10.5. The molecule has 0 saturated carbocycles. The van der Waals surface area contributed by atoms with Gasteiger partial charge in [0.25, 0.3) is 0 Å². The zero-order valence-electron chi connectivity index (χ0n) is 26.4. The molecule has 0 aromatic heterocycles. The van der Waals surface area contributed by atoms with E-state index in [1.54, 1.807) is 0 Å². The monoisotopic (exact) mass is 614 g/mol. The van der Waals surface area contributed by atoms with Crippen LogP contribution in [-0.2, 0) is 0 Å². The number of benzene rings is 4. The van der Waals surface area contributed by atoms with Crippen LogP contribution >= 0.6 is 13.9 Å². The summed E-state index contributed by atoms with van der Waals surface area (Å²) >= 11 is 0. The fourth-order valence-corrected chi connectivity index (χ4v) is 14.2. The fourth-order valence-electron chi connectivity index (χ4n) is 6.31. The summed E-state index contributed by atoms with van der Waals surface area (Å²) in [5, 5.41) is 7.88. The third-order valence-electron chi connectivity index (χ3n) is 9.24. The van der Waals surface area contributed by atoms with Crippen molar-refractivity contribution in [3.63, 3.8) is 0 Å². The van der Waals surface area contributed by atoms with Crippen molar-refractivity contribution in [3.8, 4) is 11.5 Å². The number of para-hydroxylation sites is 2. The SMILES string of the molecule is C=C/C=C\C=C(/C)[PH](C)(c1ccccc1)c1ccccc1Oc1ccccc1P(C)(C)(C1=CC=CCC=C1)c1ccccc1. The Labute approximate surface area is 265 Å². The first kappa shape index (κ1) is 31.4. The molecule has 0 saturated heterocycles. The second-order valence-electron chi connectivity index (χ2n) is 12.1. The first-order chi connectivity index (χ1) is 21.3. The summed E-state index contributed by atoms with van der Waals surface area (Å²) in [7, 11) is -2.41. The van der Waals surface area contributed by atoms with Gasteiger partial charge in [-0.2, -0.15) is 0 Å². The van der Waals surface area contributed by atoms with Crippen molar-refractivity contribution in [3.05, 3.63) is 181 Å². The van der Waals surface area contributed by atoms with E-state index in [1.807, 2.05) is 12.2 Å². The van der Waals surface area contributed by atoms with Crippen LogP contribution in [0.3, 0.4) is 0 Å². The van der Waals surface area contributed by atoms with Gasteiger partial charge in [0.1, 0.15) is 0 Å². The van der Waals surface area contributed by atoms with E-state index >= 15 is 0 Å². The third kappa shape index (κ3) is 5.88. The van der Waals surface area contributed by atoms with E-state index in [9.17, 15) is 0 Å². The second-order valence-corrected chi connectivity index (χ2v) is 22.1. The molecule has 0 spiro atoms. The molecule has 1 aliphatic carbocycles. The van der Waals surface area contributed by atoms with Crippen molar-refractivity contribution >= 4 is 35.1 Å². The van der Waals surface area contributed by atoms with Crippen LogP contribution in [0.25, 0.3) is 0 Å². The van der Waals surface area contributed by atoms with Gasteiger partial charge in [0.05, 0.1) is 0 Å². The van der Waals surface area contributed by atoms with Crippen molar-refractivity contribution in [1.82, 2.24) is 0 Å². The van der Waals surface area contributed by atoms with Crippen LogP contribution in [0.4, 0.5) is 0 Å². The molecule has 0 atom stereocenters. The van der Waals surface area contributed by atoms with Crippen LogP contribution in [0.5, 0.6) is 11.5 Å². The predicted octanol–water partition coefficient (Wildman–Crippen LogP) is 9.62. The van der Waals surface area contributed by atoms with Crippen LogP contribution in [0.15, 0.2) is 181 Å². The average Bonchev–Trinajstić information content (AvgIpc) is 3.37. The van der Waals surface area contributed by atoms with Crippen molar-refractivity contribution < 1.29 is 4.74 Å². The summed E-state index contributed by atoms with van der Waals surface area (Å²) < 4.78 is 7.18. The van der Waals surface area contributed by atoms with Crippen molar-refractivity contribution in [2.45, 2.75) is 13.3 Å². The first-order valence-electron chi connectivity index (χ1n) is 15.3.